The highest BCUT2D eigenvalue weighted by Gasteiger charge is 2.14. The van der Waals surface area contributed by atoms with Crippen LogP contribution in [-0.2, 0) is 0 Å². The molecule has 0 saturated heterocycles. The van der Waals surface area contributed by atoms with Gasteiger partial charge in [-0.25, -0.2) is 9.37 Å². The lowest BCUT2D eigenvalue weighted by Crippen LogP contribution is -2.12. The van der Waals surface area contributed by atoms with Crippen LogP contribution in [0.3, 0.4) is 0 Å². The fraction of sp³-hybridized carbons (Fsp3) is 0.125. The smallest absolute Gasteiger partial charge is 0.258 e. The van der Waals surface area contributed by atoms with Crippen LogP contribution in [-0.4, -0.2) is 10.9 Å². The van der Waals surface area contributed by atoms with Crippen molar-refractivity contribution in [3.63, 3.8) is 0 Å². The lowest BCUT2D eigenvalue weighted by molar-refractivity contribution is 0.102. The number of carbonyl (C=O) groups excluding carboxylic acids is 1. The van der Waals surface area contributed by atoms with Gasteiger partial charge in [-0.2, -0.15) is 0 Å². The first-order chi connectivity index (χ1) is 10.5. The number of aromatic nitrogens is 1. The van der Waals surface area contributed by atoms with E-state index in [1.165, 1.54) is 29.5 Å². The number of carbonyl (C=O) groups is 1. The van der Waals surface area contributed by atoms with Crippen molar-refractivity contribution >= 4 is 48.5 Å². The van der Waals surface area contributed by atoms with E-state index in [1.807, 2.05) is 26.0 Å². The Bertz CT molecular complexity index is 852. The van der Waals surface area contributed by atoms with E-state index in [0.29, 0.717) is 15.2 Å². The highest BCUT2D eigenvalue weighted by Crippen LogP contribution is 2.31. The molecule has 0 radical (unpaired) electrons. The van der Waals surface area contributed by atoms with E-state index in [0.717, 1.165) is 21.3 Å². The van der Waals surface area contributed by atoms with Crippen molar-refractivity contribution in [2.75, 3.05) is 5.32 Å². The number of hydrogen-bond acceptors (Lipinski definition) is 3. The molecule has 1 N–H and O–H groups in total. The van der Waals surface area contributed by atoms with Crippen LogP contribution in [0.15, 0.2) is 34.8 Å². The summed E-state index contributed by atoms with van der Waals surface area (Å²) in [6, 6.07) is 8.02. The zero-order valence-corrected chi connectivity index (χ0v) is 14.3. The van der Waals surface area contributed by atoms with Gasteiger partial charge in [0, 0.05) is 4.47 Å². The van der Waals surface area contributed by atoms with Gasteiger partial charge in [0.15, 0.2) is 5.13 Å². The predicted octanol–water partition coefficient (Wildman–Crippen LogP) is 5.07. The molecule has 6 heteroatoms. The highest BCUT2D eigenvalue weighted by molar-refractivity contribution is 9.10. The molecule has 0 fully saturated rings. The lowest BCUT2D eigenvalue weighted by Gasteiger charge is -2.04. The molecule has 1 aromatic heterocycles. The summed E-state index contributed by atoms with van der Waals surface area (Å²) in [4.78, 5) is 16.8. The molecule has 0 bridgehead atoms. The summed E-state index contributed by atoms with van der Waals surface area (Å²) >= 11 is 4.64. The summed E-state index contributed by atoms with van der Waals surface area (Å²) in [6.45, 7) is 4.01. The number of hydrogen-bond donors (Lipinski definition) is 1. The maximum atomic E-state index is 13.1. The summed E-state index contributed by atoms with van der Waals surface area (Å²) in [5.41, 5.74) is 3.47. The van der Waals surface area contributed by atoms with Crippen molar-refractivity contribution in [1.29, 1.82) is 0 Å². The molecule has 112 valence electrons. The summed E-state index contributed by atoms with van der Waals surface area (Å²) in [5.74, 6) is -0.712. The number of nitrogens with zero attached hydrogens (tertiary/aromatic N) is 1. The summed E-state index contributed by atoms with van der Waals surface area (Å²) in [5, 5.41) is 3.31. The molecule has 1 amide bonds. The molecule has 3 nitrogen and oxygen atoms in total. The second kappa shape index (κ2) is 5.78. The number of amides is 1. The molecule has 0 aliphatic carbocycles. The van der Waals surface area contributed by atoms with Crippen LogP contribution in [0.1, 0.15) is 21.5 Å². The van der Waals surface area contributed by atoms with Crippen molar-refractivity contribution in [3.8, 4) is 0 Å². The molecule has 22 heavy (non-hydrogen) atoms. The van der Waals surface area contributed by atoms with Crippen molar-refractivity contribution < 1.29 is 9.18 Å². The highest BCUT2D eigenvalue weighted by atomic mass is 79.9. The lowest BCUT2D eigenvalue weighted by atomic mass is 10.1. The summed E-state index contributed by atoms with van der Waals surface area (Å²) < 4.78 is 14.6. The van der Waals surface area contributed by atoms with E-state index < -0.39 is 5.82 Å². The molecule has 0 aliphatic rings. The van der Waals surface area contributed by atoms with Gasteiger partial charge in [-0.1, -0.05) is 23.5 Å². The third-order valence-electron chi connectivity index (χ3n) is 3.34. The Hall–Kier alpha value is -1.79. The van der Waals surface area contributed by atoms with Gasteiger partial charge in [-0.3, -0.25) is 10.1 Å². The van der Waals surface area contributed by atoms with Gasteiger partial charge in [0.2, 0.25) is 0 Å². The van der Waals surface area contributed by atoms with E-state index in [-0.39, 0.29) is 5.91 Å². The predicted molar refractivity (Wildman–Crippen MR) is 91.1 cm³/mol. The van der Waals surface area contributed by atoms with Gasteiger partial charge in [0.25, 0.3) is 5.91 Å². The largest absolute Gasteiger partial charge is 0.298 e. The van der Waals surface area contributed by atoms with Gasteiger partial charge in [0.05, 0.1) is 15.8 Å². The Labute approximate surface area is 139 Å². The standard InChI is InChI=1S/C16H12BrFN2OS/c1-8-3-4-9(2)14-13(8)19-16(22-14)20-15(21)11-6-5-10(18)7-12(11)17/h3-7H,1-2H3,(H,19,20,21). The van der Waals surface area contributed by atoms with Crippen LogP contribution >= 0.6 is 27.3 Å². The number of fused-ring (bicyclic) bond motifs is 1. The number of anilines is 1. The molecule has 0 saturated carbocycles. The average molecular weight is 379 g/mol. The normalized spacial score (nSPS) is 10.9. The molecule has 1 heterocycles. The number of aryl methyl sites for hydroxylation is 2. The van der Waals surface area contributed by atoms with E-state index in [9.17, 15) is 9.18 Å². The zero-order chi connectivity index (χ0) is 15.9. The maximum Gasteiger partial charge on any atom is 0.258 e. The second-order valence-electron chi connectivity index (χ2n) is 4.97. The van der Waals surface area contributed by atoms with Crippen LogP contribution in [0, 0.1) is 19.7 Å². The van der Waals surface area contributed by atoms with Crippen LogP contribution < -0.4 is 5.32 Å². The number of thiazole rings is 1. The molecule has 0 unspecified atom stereocenters. The monoisotopic (exact) mass is 378 g/mol. The third kappa shape index (κ3) is 2.76. The Morgan fingerprint density at radius 2 is 1.95 bits per heavy atom. The van der Waals surface area contributed by atoms with Crippen LogP contribution in [0.4, 0.5) is 9.52 Å². The number of halogens is 2. The van der Waals surface area contributed by atoms with Crippen LogP contribution in [0.25, 0.3) is 10.2 Å². The van der Waals surface area contributed by atoms with E-state index in [2.05, 4.69) is 26.2 Å². The number of nitrogens with one attached hydrogen (secondary N) is 1. The van der Waals surface area contributed by atoms with Crippen molar-refractivity contribution in [1.82, 2.24) is 4.98 Å². The fourth-order valence-electron chi connectivity index (χ4n) is 2.15. The van der Waals surface area contributed by atoms with E-state index in [4.69, 9.17) is 0 Å². The van der Waals surface area contributed by atoms with E-state index in [1.54, 1.807) is 0 Å². The minimum atomic E-state index is -0.394. The molecular formula is C16H12BrFN2OS. The van der Waals surface area contributed by atoms with Crippen molar-refractivity contribution in [3.05, 3.63) is 57.3 Å². The Kier molecular flexibility index (Phi) is 3.97. The van der Waals surface area contributed by atoms with E-state index >= 15 is 0 Å². The topological polar surface area (TPSA) is 42.0 Å². The molecular weight excluding hydrogens is 367 g/mol. The first-order valence-corrected chi connectivity index (χ1v) is 8.20. The van der Waals surface area contributed by atoms with Gasteiger partial charge < -0.3 is 0 Å². The Morgan fingerprint density at radius 1 is 1.23 bits per heavy atom. The van der Waals surface area contributed by atoms with Crippen molar-refractivity contribution in [2.24, 2.45) is 0 Å². The molecule has 3 aromatic rings. The minimum Gasteiger partial charge on any atom is -0.298 e. The average Bonchev–Trinajstić information content (AvgIpc) is 2.88. The van der Waals surface area contributed by atoms with Crippen LogP contribution in [0.5, 0.6) is 0 Å². The molecule has 0 spiro atoms. The first kappa shape index (κ1) is 15.1. The molecule has 0 aliphatic heterocycles. The first-order valence-electron chi connectivity index (χ1n) is 6.59. The van der Waals surface area contributed by atoms with Gasteiger partial charge in [0.1, 0.15) is 5.82 Å². The molecule has 0 atom stereocenters. The number of rotatable bonds is 2. The third-order valence-corrected chi connectivity index (χ3v) is 5.10. The quantitative estimate of drug-likeness (QED) is 0.676. The minimum absolute atomic E-state index is 0.318. The molecule has 2 aromatic carbocycles. The maximum absolute atomic E-state index is 13.1. The zero-order valence-electron chi connectivity index (χ0n) is 11.9. The van der Waals surface area contributed by atoms with Gasteiger partial charge >= 0.3 is 0 Å². The Balaban J connectivity index is 1.94. The molecule has 3 rings (SSSR count). The fourth-order valence-corrected chi connectivity index (χ4v) is 3.69. The summed E-state index contributed by atoms with van der Waals surface area (Å²) in [7, 11) is 0. The van der Waals surface area contributed by atoms with Gasteiger partial charge in [-0.15, -0.1) is 0 Å². The van der Waals surface area contributed by atoms with Crippen molar-refractivity contribution in [2.45, 2.75) is 13.8 Å². The number of benzene rings is 2. The second-order valence-corrected chi connectivity index (χ2v) is 6.83. The summed E-state index contributed by atoms with van der Waals surface area (Å²) in [6.07, 6.45) is 0. The SMILES string of the molecule is Cc1ccc(C)c2sc(NC(=O)c3ccc(F)cc3Br)nc12. The Morgan fingerprint density at radius 3 is 2.64 bits per heavy atom. The van der Waals surface area contributed by atoms with Gasteiger partial charge in [-0.05, 0) is 59.1 Å². The van der Waals surface area contributed by atoms with Crippen LogP contribution in [0.2, 0.25) is 0 Å².